The van der Waals surface area contributed by atoms with Crippen LogP contribution in [0.3, 0.4) is 0 Å². The van der Waals surface area contributed by atoms with Gasteiger partial charge in [0, 0.05) is 35.3 Å². The Morgan fingerprint density at radius 1 is 1.10 bits per heavy atom. The molecule has 0 aliphatic carbocycles. The monoisotopic (exact) mass is 295 g/mol. The van der Waals surface area contributed by atoms with E-state index in [2.05, 4.69) is 5.32 Å². The van der Waals surface area contributed by atoms with Gasteiger partial charge in [-0.1, -0.05) is 11.6 Å². The Labute approximate surface area is 120 Å². The number of nitrogens with one attached hydrogen (secondary N) is 1. The first-order valence-corrected chi connectivity index (χ1v) is 6.64. The number of ether oxygens (including phenoxy) is 1. The lowest BCUT2D eigenvalue weighted by Crippen LogP contribution is -2.02. The Balaban J connectivity index is 1.82. The highest BCUT2D eigenvalue weighted by Gasteiger charge is 2.17. The number of anilines is 1. The van der Waals surface area contributed by atoms with Crippen LogP contribution in [0, 0.1) is 11.6 Å². The van der Waals surface area contributed by atoms with E-state index in [0.29, 0.717) is 23.9 Å². The van der Waals surface area contributed by atoms with E-state index >= 15 is 0 Å². The molecule has 1 heterocycles. The minimum Gasteiger partial charge on any atom is -0.493 e. The van der Waals surface area contributed by atoms with Crippen molar-refractivity contribution in [2.24, 2.45) is 0 Å². The molecular weight excluding hydrogens is 284 g/mol. The largest absolute Gasteiger partial charge is 0.493 e. The summed E-state index contributed by atoms with van der Waals surface area (Å²) in [6, 6.07) is 7.01. The smallest absolute Gasteiger partial charge is 0.128 e. The van der Waals surface area contributed by atoms with Crippen molar-refractivity contribution in [2.75, 3.05) is 11.9 Å². The van der Waals surface area contributed by atoms with Crippen LogP contribution in [0.25, 0.3) is 0 Å². The first kappa shape index (κ1) is 13.2. The van der Waals surface area contributed by atoms with Crippen LogP contribution in [0.15, 0.2) is 30.3 Å². The summed E-state index contributed by atoms with van der Waals surface area (Å²) in [5.74, 6) is -0.404. The fraction of sp³-hybridized carbons (Fsp3) is 0.200. The summed E-state index contributed by atoms with van der Waals surface area (Å²) in [4.78, 5) is 0. The van der Waals surface area contributed by atoms with Crippen molar-refractivity contribution in [1.29, 1.82) is 0 Å². The van der Waals surface area contributed by atoms with Crippen molar-refractivity contribution in [3.05, 3.63) is 58.1 Å². The molecule has 0 fully saturated rings. The predicted molar refractivity (Wildman–Crippen MR) is 74.3 cm³/mol. The van der Waals surface area contributed by atoms with Gasteiger partial charge in [-0.2, -0.15) is 0 Å². The fourth-order valence-electron chi connectivity index (χ4n) is 2.33. The molecule has 0 aromatic heterocycles. The summed E-state index contributed by atoms with van der Waals surface area (Å²) in [6.45, 7) is 1.03. The molecule has 0 spiro atoms. The molecule has 0 saturated heterocycles. The molecule has 2 aromatic rings. The molecule has 0 saturated carbocycles. The second-order valence-corrected chi connectivity index (χ2v) is 5.10. The Kier molecular flexibility index (Phi) is 3.49. The van der Waals surface area contributed by atoms with Crippen molar-refractivity contribution < 1.29 is 13.5 Å². The molecule has 1 aliphatic heterocycles. The van der Waals surface area contributed by atoms with Gasteiger partial charge < -0.3 is 10.1 Å². The third-order valence-electron chi connectivity index (χ3n) is 3.17. The van der Waals surface area contributed by atoms with E-state index in [-0.39, 0.29) is 0 Å². The number of benzene rings is 2. The molecule has 0 unspecified atom stereocenters. The van der Waals surface area contributed by atoms with Crippen molar-refractivity contribution in [3.63, 3.8) is 0 Å². The Morgan fingerprint density at radius 3 is 2.60 bits per heavy atom. The van der Waals surface area contributed by atoms with Gasteiger partial charge in [0.25, 0.3) is 0 Å². The zero-order valence-corrected chi connectivity index (χ0v) is 11.3. The predicted octanol–water partition coefficient (Wildman–Crippen LogP) is 4.17. The summed E-state index contributed by atoms with van der Waals surface area (Å²) in [6.07, 6.45) is 0.831. The highest BCUT2D eigenvalue weighted by atomic mass is 35.5. The molecular formula is C15H12ClF2NO. The molecule has 104 valence electrons. The highest BCUT2D eigenvalue weighted by molar-refractivity contribution is 6.30. The van der Waals surface area contributed by atoms with Gasteiger partial charge in [0.2, 0.25) is 0 Å². The highest BCUT2D eigenvalue weighted by Crippen LogP contribution is 2.33. The van der Waals surface area contributed by atoms with E-state index in [9.17, 15) is 8.78 Å². The van der Waals surface area contributed by atoms with E-state index in [0.717, 1.165) is 29.4 Å². The van der Waals surface area contributed by atoms with Gasteiger partial charge in [-0.05, 0) is 29.8 Å². The van der Waals surface area contributed by atoms with Gasteiger partial charge in [-0.25, -0.2) is 8.78 Å². The molecule has 3 rings (SSSR count). The van der Waals surface area contributed by atoms with Gasteiger partial charge in [-0.3, -0.25) is 0 Å². The average Bonchev–Trinajstić information content (AvgIpc) is 2.82. The number of hydrogen-bond donors (Lipinski definition) is 1. The van der Waals surface area contributed by atoms with E-state index in [1.165, 1.54) is 12.1 Å². The van der Waals surface area contributed by atoms with E-state index in [4.69, 9.17) is 16.3 Å². The zero-order chi connectivity index (χ0) is 14.1. The summed E-state index contributed by atoms with van der Waals surface area (Å²) < 4.78 is 31.8. The first-order chi connectivity index (χ1) is 9.61. The van der Waals surface area contributed by atoms with Crippen LogP contribution in [-0.4, -0.2) is 6.61 Å². The summed E-state index contributed by atoms with van der Waals surface area (Å²) in [5.41, 5.74) is 2.34. The van der Waals surface area contributed by atoms with Gasteiger partial charge in [0.05, 0.1) is 6.61 Å². The van der Waals surface area contributed by atoms with Crippen LogP contribution < -0.4 is 10.1 Å². The average molecular weight is 296 g/mol. The Morgan fingerprint density at radius 2 is 1.85 bits per heavy atom. The molecule has 1 N–H and O–H groups in total. The van der Waals surface area contributed by atoms with Crippen molar-refractivity contribution in [1.82, 2.24) is 0 Å². The van der Waals surface area contributed by atoms with Gasteiger partial charge >= 0.3 is 0 Å². The standard InChI is InChI=1S/C15H12ClF2NO/c16-11-3-9-1-2-20-15(9)10(4-11)8-19-14-6-12(17)5-13(18)7-14/h3-7,19H,1-2,8H2. The quantitative estimate of drug-likeness (QED) is 0.918. The van der Waals surface area contributed by atoms with Gasteiger partial charge in [-0.15, -0.1) is 0 Å². The SMILES string of the molecule is Fc1cc(F)cc(NCc2cc(Cl)cc3c2OCC3)c1. The Hall–Kier alpha value is -1.81. The maximum atomic E-state index is 13.1. The summed E-state index contributed by atoms with van der Waals surface area (Å²) in [7, 11) is 0. The number of hydrogen-bond acceptors (Lipinski definition) is 2. The lowest BCUT2D eigenvalue weighted by atomic mass is 10.1. The van der Waals surface area contributed by atoms with E-state index in [1.54, 1.807) is 6.07 Å². The summed E-state index contributed by atoms with van der Waals surface area (Å²) >= 11 is 6.06. The van der Waals surface area contributed by atoms with Crippen LogP contribution in [0.1, 0.15) is 11.1 Å². The second kappa shape index (κ2) is 5.29. The topological polar surface area (TPSA) is 21.3 Å². The molecule has 20 heavy (non-hydrogen) atoms. The number of halogens is 3. The molecule has 0 radical (unpaired) electrons. The maximum Gasteiger partial charge on any atom is 0.128 e. The van der Waals surface area contributed by atoms with Crippen molar-refractivity contribution in [3.8, 4) is 5.75 Å². The van der Waals surface area contributed by atoms with Crippen LogP contribution in [0.5, 0.6) is 5.75 Å². The molecule has 0 atom stereocenters. The third-order valence-corrected chi connectivity index (χ3v) is 3.39. The lowest BCUT2D eigenvalue weighted by molar-refractivity contribution is 0.354. The lowest BCUT2D eigenvalue weighted by Gasteiger charge is -2.11. The van der Waals surface area contributed by atoms with Gasteiger partial charge in [0.15, 0.2) is 0 Å². The molecule has 0 bridgehead atoms. The van der Waals surface area contributed by atoms with Crippen LogP contribution in [0.2, 0.25) is 5.02 Å². The normalized spacial score (nSPS) is 12.9. The van der Waals surface area contributed by atoms with Crippen molar-refractivity contribution in [2.45, 2.75) is 13.0 Å². The fourth-order valence-corrected chi connectivity index (χ4v) is 2.59. The molecule has 0 amide bonds. The van der Waals surface area contributed by atoms with E-state index in [1.807, 2.05) is 6.07 Å². The molecule has 1 aliphatic rings. The maximum absolute atomic E-state index is 13.1. The second-order valence-electron chi connectivity index (χ2n) is 4.66. The van der Waals surface area contributed by atoms with Gasteiger partial charge in [0.1, 0.15) is 17.4 Å². The first-order valence-electron chi connectivity index (χ1n) is 6.26. The molecule has 2 nitrogen and oxygen atoms in total. The van der Waals surface area contributed by atoms with Crippen molar-refractivity contribution >= 4 is 17.3 Å². The Bertz CT molecular complexity index is 640. The third kappa shape index (κ3) is 2.70. The number of fused-ring (bicyclic) bond motifs is 1. The van der Waals surface area contributed by atoms with E-state index < -0.39 is 11.6 Å². The molecule has 5 heteroatoms. The number of rotatable bonds is 3. The van der Waals surface area contributed by atoms with Crippen LogP contribution in [-0.2, 0) is 13.0 Å². The minimum absolute atomic E-state index is 0.384. The summed E-state index contributed by atoms with van der Waals surface area (Å²) in [5, 5.41) is 3.62. The zero-order valence-electron chi connectivity index (χ0n) is 10.6. The van der Waals surface area contributed by atoms with Crippen LogP contribution in [0.4, 0.5) is 14.5 Å². The van der Waals surface area contributed by atoms with Crippen LogP contribution >= 0.6 is 11.6 Å². The molecule has 2 aromatic carbocycles. The minimum atomic E-state index is -0.611.